The van der Waals surface area contributed by atoms with E-state index >= 15 is 0 Å². The van der Waals surface area contributed by atoms with Crippen LogP contribution >= 0.6 is 0 Å². The van der Waals surface area contributed by atoms with Crippen LogP contribution in [0.25, 0.3) is 0 Å². The number of carbonyl (C=O) groups is 1. The molecule has 1 fully saturated rings. The maximum Gasteiger partial charge on any atom is 0.354 e. The highest BCUT2D eigenvalue weighted by atomic mass is 16.4. The van der Waals surface area contributed by atoms with Gasteiger partial charge in [0.1, 0.15) is 5.82 Å². The van der Waals surface area contributed by atoms with E-state index in [1.807, 2.05) is 12.1 Å². The number of rotatable bonds is 4. The van der Waals surface area contributed by atoms with E-state index in [-0.39, 0.29) is 5.69 Å². The van der Waals surface area contributed by atoms with Crippen LogP contribution in [0.1, 0.15) is 23.0 Å². The largest absolute Gasteiger partial charge is 0.477 e. The Morgan fingerprint density at radius 1 is 1.12 bits per heavy atom. The predicted molar refractivity (Wildman–Crippen MR) is 94.3 cm³/mol. The second-order valence-electron chi connectivity index (χ2n) is 6.46. The second-order valence-corrected chi connectivity index (χ2v) is 6.46. The molecule has 0 bridgehead atoms. The molecular weight excluding hydrogens is 302 g/mol. The standard InChI is InChI=1S/C19H23N3O2/c1-15-12-21(14-16-6-3-2-4-7-16)10-11-22(13-15)18-9-5-8-17(20-18)19(23)24/h2-9,15H,10-14H2,1H3,(H,23,24). The van der Waals surface area contributed by atoms with Crippen LogP contribution in [0.3, 0.4) is 0 Å². The third-order valence-corrected chi connectivity index (χ3v) is 4.31. The zero-order valence-corrected chi connectivity index (χ0v) is 13.9. The van der Waals surface area contributed by atoms with Gasteiger partial charge in [-0.3, -0.25) is 4.90 Å². The first-order valence-corrected chi connectivity index (χ1v) is 8.33. The van der Waals surface area contributed by atoms with Crippen molar-refractivity contribution < 1.29 is 9.90 Å². The molecule has 1 saturated heterocycles. The Labute approximate surface area is 142 Å². The van der Waals surface area contributed by atoms with Crippen molar-refractivity contribution in [3.63, 3.8) is 0 Å². The molecule has 3 rings (SSSR count). The van der Waals surface area contributed by atoms with Crippen LogP contribution in [-0.4, -0.2) is 47.1 Å². The SMILES string of the molecule is CC1CN(Cc2ccccc2)CCN(c2cccc(C(=O)O)n2)C1. The Bertz CT molecular complexity index is 690. The first-order valence-electron chi connectivity index (χ1n) is 8.33. The lowest BCUT2D eigenvalue weighted by Gasteiger charge is -2.23. The molecule has 2 aromatic rings. The van der Waals surface area contributed by atoms with Crippen molar-refractivity contribution in [3.05, 3.63) is 59.8 Å². The molecule has 0 spiro atoms. The Hall–Kier alpha value is -2.40. The van der Waals surface area contributed by atoms with Gasteiger partial charge in [0.2, 0.25) is 0 Å². The van der Waals surface area contributed by atoms with E-state index in [1.165, 1.54) is 11.6 Å². The summed E-state index contributed by atoms with van der Waals surface area (Å²) in [5, 5.41) is 9.13. The molecule has 1 atom stereocenters. The van der Waals surface area contributed by atoms with Gasteiger partial charge in [-0.05, 0) is 23.6 Å². The van der Waals surface area contributed by atoms with Gasteiger partial charge in [-0.1, -0.05) is 43.3 Å². The van der Waals surface area contributed by atoms with Crippen LogP contribution in [0, 0.1) is 5.92 Å². The highest BCUT2D eigenvalue weighted by Crippen LogP contribution is 2.18. The monoisotopic (exact) mass is 325 g/mol. The van der Waals surface area contributed by atoms with E-state index in [9.17, 15) is 4.79 Å². The Balaban J connectivity index is 1.70. The van der Waals surface area contributed by atoms with E-state index in [1.54, 1.807) is 6.07 Å². The van der Waals surface area contributed by atoms with Crippen molar-refractivity contribution in [1.29, 1.82) is 0 Å². The first-order chi connectivity index (χ1) is 11.6. The van der Waals surface area contributed by atoms with Crippen LogP contribution in [-0.2, 0) is 6.54 Å². The van der Waals surface area contributed by atoms with Crippen LogP contribution in [0.15, 0.2) is 48.5 Å². The van der Waals surface area contributed by atoms with Crippen LogP contribution < -0.4 is 4.90 Å². The van der Waals surface area contributed by atoms with Crippen LogP contribution in [0.5, 0.6) is 0 Å². The molecule has 1 aromatic carbocycles. The number of hydrogen-bond acceptors (Lipinski definition) is 4. The highest BCUT2D eigenvalue weighted by Gasteiger charge is 2.21. The zero-order chi connectivity index (χ0) is 16.9. The average Bonchev–Trinajstić information content (AvgIpc) is 2.77. The zero-order valence-electron chi connectivity index (χ0n) is 13.9. The lowest BCUT2D eigenvalue weighted by atomic mass is 10.1. The maximum atomic E-state index is 11.1. The highest BCUT2D eigenvalue weighted by molar-refractivity contribution is 5.85. The molecule has 5 heteroatoms. The summed E-state index contributed by atoms with van der Waals surface area (Å²) >= 11 is 0. The van der Waals surface area contributed by atoms with E-state index in [2.05, 4.69) is 46.0 Å². The lowest BCUT2D eigenvalue weighted by Crippen LogP contribution is -2.31. The molecule has 5 nitrogen and oxygen atoms in total. The third-order valence-electron chi connectivity index (χ3n) is 4.31. The summed E-state index contributed by atoms with van der Waals surface area (Å²) in [7, 11) is 0. The predicted octanol–water partition coefficient (Wildman–Crippen LogP) is 2.74. The molecule has 126 valence electrons. The minimum atomic E-state index is -0.981. The van der Waals surface area contributed by atoms with Crippen molar-refractivity contribution in [2.24, 2.45) is 5.92 Å². The number of aromatic carboxylic acids is 1. The Kier molecular flexibility index (Phi) is 5.11. The lowest BCUT2D eigenvalue weighted by molar-refractivity contribution is 0.0690. The Morgan fingerprint density at radius 2 is 1.92 bits per heavy atom. The molecule has 1 aromatic heterocycles. The number of hydrogen-bond donors (Lipinski definition) is 1. The van der Waals surface area contributed by atoms with Crippen molar-refractivity contribution in [2.75, 3.05) is 31.1 Å². The number of carboxylic acid groups (broad SMARTS) is 1. The fraction of sp³-hybridized carbons (Fsp3) is 0.368. The fourth-order valence-corrected chi connectivity index (χ4v) is 3.23. The number of aromatic nitrogens is 1. The topological polar surface area (TPSA) is 56.7 Å². The first kappa shape index (κ1) is 16.5. The number of anilines is 1. The van der Waals surface area contributed by atoms with Crippen molar-refractivity contribution >= 4 is 11.8 Å². The van der Waals surface area contributed by atoms with E-state index in [4.69, 9.17) is 5.11 Å². The van der Waals surface area contributed by atoms with E-state index in [0.717, 1.165) is 38.5 Å². The molecule has 0 aliphatic carbocycles. The van der Waals surface area contributed by atoms with Crippen molar-refractivity contribution in [1.82, 2.24) is 9.88 Å². The minimum absolute atomic E-state index is 0.102. The summed E-state index contributed by atoms with van der Waals surface area (Å²) in [6.07, 6.45) is 0. The molecule has 1 N–H and O–H groups in total. The van der Waals surface area contributed by atoms with Crippen molar-refractivity contribution in [2.45, 2.75) is 13.5 Å². The van der Waals surface area contributed by atoms with Gasteiger partial charge < -0.3 is 10.0 Å². The summed E-state index contributed by atoms with van der Waals surface area (Å²) in [4.78, 5) is 20.1. The molecule has 0 saturated carbocycles. The van der Waals surface area contributed by atoms with E-state index < -0.39 is 5.97 Å². The Morgan fingerprint density at radius 3 is 2.67 bits per heavy atom. The molecule has 0 amide bonds. The minimum Gasteiger partial charge on any atom is -0.477 e. The summed E-state index contributed by atoms with van der Waals surface area (Å²) in [5.41, 5.74) is 1.43. The van der Waals surface area contributed by atoms with Crippen molar-refractivity contribution in [3.8, 4) is 0 Å². The van der Waals surface area contributed by atoms with Gasteiger partial charge in [-0.25, -0.2) is 9.78 Å². The van der Waals surface area contributed by atoms with Gasteiger partial charge in [-0.15, -0.1) is 0 Å². The maximum absolute atomic E-state index is 11.1. The smallest absolute Gasteiger partial charge is 0.354 e. The molecule has 0 radical (unpaired) electrons. The fourth-order valence-electron chi connectivity index (χ4n) is 3.23. The molecular formula is C19H23N3O2. The second kappa shape index (κ2) is 7.45. The van der Waals surface area contributed by atoms with E-state index in [0.29, 0.717) is 5.92 Å². The van der Waals surface area contributed by atoms with Crippen LogP contribution in [0.2, 0.25) is 0 Å². The molecule has 24 heavy (non-hydrogen) atoms. The summed E-state index contributed by atoms with van der Waals surface area (Å²) in [6.45, 7) is 6.90. The third kappa shape index (κ3) is 4.11. The number of benzene rings is 1. The summed E-state index contributed by atoms with van der Waals surface area (Å²) in [6, 6.07) is 15.7. The van der Waals surface area contributed by atoms with Gasteiger partial charge in [-0.2, -0.15) is 0 Å². The summed E-state index contributed by atoms with van der Waals surface area (Å²) in [5.74, 6) is 0.264. The molecule has 1 unspecified atom stereocenters. The average molecular weight is 325 g/mol. The van der Waals surface area contributed by atoms with Gasteiger partial charge >= 0.3 is 5.97 Å². The van der Waals surface area contributed by atoms with Gasteiger partial charge in [0.15, 0.2) is 5.69 Å². The molecule has 1 aliphatic rings. The van der Waals surface area contributed by atoms with Gasteiger partial charge in [0, 0.05) is 32.7 Å². The van der Waals surface area contributed by atoms with Crippen LogP contribution in [0.4, 0.5) is 5.82 Å². The normalized spacial score (nSPS) is 19.0. The molecule has 1 aliphatic heterocycles. The quantitative estimate of drug-likeness (QED) is 0.937. The number of nitrogens with zero attached hydrogens (tertiary/aromatic N) is 3. The van der Waals surface area contributed by atoms with Gasteiger partial charge in [0.05, 0.1) is 0 Å². The number of carboxylic acids is 1. The molecule has 2 heterocycles. The summed E-state index contributed by atoms with van der Waals surface area (Å²) < 4.78 is 0. The number of pyridine rings is 1. The van der Waals surface area contributed by atoms with Gasteiger partial charge in [0.25, 0.3) is 0 Å².